The van der Waals surface area contributed by atoms with Gasteiger partial charge in [-0.15, -0.1) is 0 Å². The first-order valence-corrected chi connectivity index (χ1v) is 6.10. The number of nitrogen functional groups attached to an aromatic ring is 1. The van der Waals surface area contributed by atoms with Crippen LogP contribution in [0.5, 0.6) is 0 Å². The number of aryl methyl sites for hydroxylation is 3. The van der Waals surface area contributed by atoms with Crippen LogP contribution in [0.2, 0.25) is 0 Å². The van der Waals surface area contributed by atoms with Gasteiger partial charge in [-0.25, -0.2) is 0 Å². The molecule has 92 valence electrons. The summed E-state index contributed by atoms with van der Waals surface area (Å²) in [6, 6.07) is 10.4. The van der Waals surface area contributed by atoms with Gasteiger partial charge in [-0.2, -0.15) is 0 Å². The van der Waals surface area contributed by atoms with Crippen LogP contribution in [0.4, 0.5) is 5.88 Å². The molecule has 0 saturated heterocycles. The minimum atomic E-state index is 0.489. The van der Waals surface area contributed by atoms with Gasteiger partial charge >= 0.3 is 0 Å². The van der Waals surface area contributed by atoms with E-state index < -0.39 is 0 Å². The predicted octanol–water partition coefficient (Wildman–Crippen LogP) is 3.14. The summed E-state index contributed by atoms with van der Waals surface area (Å²) in [5, 5.41) is 1.33. The first kappa shape index (κ1) is 11.0. The van der Waals surface area contributed by atoms with Crippen molar-refractivity contribution in [3.05, 3.63) is 53.9 Å². The molecule has 3 heteroatoms. The monoisotopic (exact) mass is 240 g/mol. The fourth-order valence-corrected chi connectivity index (χ4v) is 2.43. The number of furan rings is 1. The maximum atomic E-state index is 5.57. The molecule has 0 fully saturated rings. The zero-order valence-corrected chi connectivity index (χ0v) is 10.4. The van der Waals surface area contributed by atoms with E-state index >= 15 is 0 Å². The molecule has 0 atom stereocenters. The van der Waals surface area contributed by atoms with Gasteiger partial charge in [0.1, 0.15) is 0 Å². The second kappa shape index (κ2) is 4.26. The third-order valence-electron chi connectivity index (χ3n) is 3.34. The van der Waals surface area contributed by atoms with Gasteiger partial charge in [-0.05, 0) is 30.0 Å². The SMILES string of the molecule is Cn1cc(CCc2coc(N)c2)c2ccccc21. The lowest BCUT2D eigenvalue weighted by molar-refractivity contribution is 0.583. The van der Waals surface area contributed by atoms with Crippen molar-refractivity contribution >= 4 is 16.8 Å². The van der Waals surface area contributed by atoms with Crippen LogP contribution in [0, 0.1) is 0 Å². The molecular formula is C15H16N2O. The maximum Gasteiger partial charge on any atom is 0.190 e. The van der Waals surface area contributed by atoms with Crippen LogP contribution in [-0.2, 0) is 19.9 Å². The number of anilines is 1. The number of rotatable bonds is 3. The Labute approximate surface area is 106 Å². The number of aromatic nitrogens is 1. The van der Waals surface area contributed by atoms with Gasteiger partial charge < -0.3 is 14.7 Å². The van der Waals surface area contributed by atoms with Crippen molar-refractivity contribution in [2.24, 2.45) is 7.05 Å². The Kier molecular flexibility index (Phi) is 2.59. The summed E-state index contributed by atoms with van der Waals surface area (Å²) in [4.78, 5) is 0. The summed E-state index contributed by atoms with van der Waals surface area (Å²) in [5.74, 6) is 0.489. The molecule has 0 saturated carbocycles. The number of nitrogens with zero attached hydrogens (tertiary/aromatic N) is 1. The van der Waals surface area contributed by atoms with Gasteiger partial charge in [-0.1, -0.05) is 18.2 Å². The number of benzene rings is 1. The van der Waals surface area contributed by atoms with Crippen LogP contribution in [0.15, 0.2) is 47.2 Å². The summed E-state index contributed by atoms with van der Waals surface area (Å²) in [6.07, 6.45) is 5.89. The molecule has 0 bridgehead atoms. The molecule has 0 aliphatic heterocycles. The smallest absolute Gasteiger partial charge is 0.190 e. The first-order valence-electron chi connectivity index (χ1n) is 6.10. The average Bonchev–Trinajstić information content (AvgIpc) is 2.92. The van der Waals surface area contributed by atoms with Crippen LogP contribution in [0.3, 0.4) is 0 Å². The molecule has 0 amide bonds. The van der Waals surface area contributed by atoms with E-state index in [1.165, 1.54) is 16.5 Å². The molecule has 1 aromatic carbocycles. The van der Waals surface area contributed by atoms with Crippen molar-refractivity contribution < 1.29 is 4.42 Å². The summed E-state index contributed by atoms with van der Waals surface area (Å²) in [5.41, 5.74) is 9.37. The van der Waals surface area contributed by atoms with Crippen molar-refractivity contribution in [2.75, 3.05) is 5.73 Å². The molecule has 2 aromatic heterocycles. The highest BCUT2D eigenvalue weighted by molar-refractivity contribution is 5.83. The van der Waals surface area contributed by atoms with Crippen LogP contribution >= 0.6 is 0 Å². The quantitative estimate of drug-likeness (QED) is 0.764. The van der Waals surface area contributed by atoms with Gasteiger partial charge in [0, 0.05) is 30.2 Å². The highest BCUT2D eigenvalue weighted by Gasteiger charge is 2.06. The summed E-state index contributed by atoms with van der Waals surface area (Å²) in [7, 11) is 2.08. The molecule has 0 radical (unpaired) electrons. The second-order valence-electron chi connectivity index (χ2n) is 4.64. The lowest BCUT2D eigenvalue weighted by Crippen LogP contribution is -1.88. The van der Waals surface area contributed by atoms with Crippen LogP contribution in [0.1, 0.15) is 11.1 Å². The largest absolute Gasteiger partial charge is 0.449 e. The Bertz CT molecular complexity index is 679. The highest BCUT2D eigenvalue weighted by Crippen LogP contribution is 2.22. The Balaban J connectivity index is 1.86. The van der Waals surface area contributed by atoms with Gasteiger partial charge in [-0.3, -0.25) is 0 Å². The van der Waals surface area contributed by atoms with E-state index in [1.54, 1.807) is 6.26 Å². The second-order valence-corrected chi connectivity index (χ2v) is 4.64. The maximum absolute atomic E-state index is 5.57. The zero-order valence-electron chi connectivity index (χ0n) is 10.4. The Morgan fingerprint density at radius 3 is 2.83 bits per heavy atom. The molecule has 3 aromatic rings. The number of hydrogen-bond donors (Lipinski definition) is 1. The van der Waals surface area contributed by atoms with Crippen LogP contribution in [0.25, 0.3) is 10.9 Å². The fourth-order valence-electron chi connectivity index (χ4n) is 2.43. The molecule has 3 rings (SSSR count). The third kappa shape index (κ3) is 1.88. The fraction of sp³-hybridized carbons (Fsp3) is 0.200. The predicted molar refractivity (Wildman–Crippen MR) is 73.4 cm³/mol. The van der Waals surface area contributed by atoms with E-state index in [-0.39, 0.29) is 0 Å². The van der Waals surface area contributed by atoms with Crippen molar-refractivity contribution in [3.8, 4) is 0 Å². The van der Waals surface area contributed by atoms with E-state index in [9.17, 15) is 0 Å². The minimum Gasteiger partial charge on any atom is -0.449 e. The number of fused-ring (bicyclic) bond motifs is 1. The van der Waals surface area contributed by atoms with E-state index in [0.29, 0.717) is 5.88 Å². The molecule has 18 heavy (non-hydrogen) atoms. The summed E-state index contributed by atoms with van der Waals surface area (Å²) in [6.45, 7) is 0. The molecular weight excluding hydrogens is 224 g/mol. The standard InChI is InChI=1S/C15H16N2O/c1-17-9-12(13-4-2-3-5-14(13)17)7-6-11-8-15(16)18-10-11/h2-5,8-10H,6-7,16H2,1H3. The number of para-hydroxylation sites is 1. The lowest BCUT2D eigenvalue weighted by Gasteiger charge is -1.97. The number of hydrogen-bond acceptors (Lipinski definition) is 2. The zero-order chi connectivity index (χ0) is 12.5. The van der Waals surface area contributed by atoms with Gasteiger partial charge in [0.15, 0.2) is 5.88 Å². The average molecular weight is 240 g/mol. The first-order chi connectivity index (χ1) is 8.74. The van der Waals surface area contributed by atoms with Crippen molar-refractivity contribution in [2.45, 2.75) is 12.8 Å². The van der Waals surface area contributed by atoms with E-state index in [4.69, 9.17) is 10.2 Å². The molecule has 2 heterocycles. The Morgan fingerprint density at radius 2 is 2.06 bits per heavy atom. The molecule has 0 spiro atoms. The third-order valence-corrected chi connectivity index (χ3v) is 3.34. The summed E-state index contributed by atoms with van der Waals surface area (Å²) < 4.78 is 7.29. The van der Waals surface area contributed by atoms with Crippen molar-refractivity contribution in [3.63, 3.8) is 0 Å². The number of nitrogens with two attached hydrogens (primary N) is 1. The Morgan fingerprint density at radius 1 is 1.22 bits per heavy atom. The molecule has 0 aliphatic rings. The topological polar surface area (TPSA) is 44.1 Å². The molecule has 0 aliphatic carbocycles. The molecule has 2 N–H and O–H groups in total. The van der Waals surface area contributed by atoms with Crippen LogP contribution in [-0.4, -0.2) is 4.57 Å². The molecule has 3 nitrogen and oxygen atoms in total. The highest BCUT2D eigenvalue weighted by atomic mass is 16.3. The molecule has 0 unspecified atom stereocenters. The van der Waals surface area contributed by atoms with E-state index in [0.717, 1.165) is 18.4 Å². The van der Waals surface area contributed by atoms with E-state index in [1.807, 2.05) is 6.07 Å². The van der Waals surface area contributed by atoms with Crippen molar-refractivity contribution in [1.29, 1.82) is 0 Å². The van der Waals surface area contributed by atoms with Gasteiger partial charge in [0.25, 0.3) is 0 Å². The minimum absolute atomic E-state index is 0.489. The normalized spacial score (nSPS) is 11.2. The Hall–Kier alpha value is -2.16. The lowest BCUT2D eigenvalue weighted by atomic mass is 10.1. The van der Waals surface area contributed by atoms with Gasteiger partial charge in [0.05, 0.1) is 6.26 Å². The van der Waals surface area contributed by atoms with Crippen molar-refractivity contribution in [1.82, 2.24) is 4.57 Å². The van der Waals surface area contributed by atoms with Crippen LogP contribution < -0.4 is 5.73 Å². The summed E-state index contributed by atoms with van der Waals surface area (Å²) >= 11 is 0. The van der Waals surface area contributed by atoms with Gasteiger partial charge in [0.2, 0.25) is 0 Å². The van der Waals surface area contributed by atoms with E-state index in [2.05, 4.69) is 42.1 Å².